The summed E-state index contributed by atoms with van der Waals surface area (Å²) in [7, 11) is 1.44. The number of nitrogens with one attached hydrogen (secondary N) is 1. The molecule has 0 fully saturated rings. The van der Waals surface area contributed by atoms with Gasteiger partial charge in [-0.05, 0) is 48.0 Å². The molecule has 10 heteroatoms. The maximum atomic E-state index is 12.3. The van der Waals surface area contributed by atoms with Crippen LogP contribution in [0.4, 0.5) is 5.13 Å². The first kappa shape index (κ1) is 22.4. The van der Waals surface area contributed by atoms with Gasteiger partial charge in [-0.3, -0.25) is 10.1 Å². The van der Waals surface area contributed by atoms with Crippen LogP contribution in [0.2, 0.25) is 0 Å². The number of benzene rings is 2. The van der Waals surface area contributed by atoms with Crippen molar-refractivity contribution < 1.29 is 23.5 Å². The number of furan rings is 1. The first-order chi connectivity index (χ1) is 16.6. The second-order valence-electron chi connectivity index (χ2n) is 6.68. The topological polar surface area (TPSA) is 127 Å². The Bertz CT molecular complexity index is 1390. The molecule has 0 spiro atoms. The predicted molar refractivity (Wildman–Crippen MR) is 124 cm³/mol. The normalized spacial score (nSPS) is 10.9. The molecule has 0 bridgehead atoms. The van der Waals surface area contributed by atoms with Gasteiger partial charge in [-0.1, -0.05) is 35.6 Å². The monoisotopic (exact) mass is 472 g/mol. The fourth-order valence-electron chi connectivity index (χ4n) is 2.85. The van der Waals surface area contributed by atoms with Crippen LogP contribution in [-0.4, -0.2) is 29.2 Å². The van der Waals surface area contributed by atoms with Gasteiger partial charge >= 0.3 is 5.97 Å². The van der Waals surface area contributed by atoms with Crippen LogP contribution >= 0.6 is 11.3 Å². The number of methoxy groups -OCH3 is 1. The Morgan fingerprint density at radius 2 is 1.91 bits per heavy atom. The molecule has 0 aliphatic rings. The van der Waals surface area contributed by atoms with Crippen molar-refractivity contribution in [2.45, 2.75) is 0 Å². The number of hydrogen-bond donors (Lipinski definition) is 1. The van der Waals surface area contributed by atoms with Crippen molar-refractivity contribution in [1.29, 1.82) is 5.26 Å². The molecule has 34 heavy (non-hydrogen) atoms. The molecule has 2 heterocycles. The summed E-state index contributed by atoms with van der Waals surface area (Å²) < 4.78 is 15.7. The highest BCUT2D eigenvalue weighted by Crippen LogP contribution is 2.31. The molecule has 4 rings (SSSR count). The molecule has 2 aromatic carbocycles. The number of carbonyl (C=O) groups excluding carboxylic acids is 2. The lowest BCUT2D eigenvalue weighted by Gasteiger charge is -2.09. The molecule has 0 unspecified atom stereocenters. The SMILES string of the molecule is COc1cc(C=C(C#N)c2nnc(NC(=O)c3ccccc3)s2)ccc1OC(=O)c1ccco1. The van der Waals surface area contributed by atoms with Gasteiger partial charge in [-0.25, -0.2) is 4.79 Å². The van der Waals surface area contributed by atoms with Crippen LogP contribution in [-0.2, 0) is 0 Å². The number of aromatic nitrogens is 2. The van der Waals surface area contributed by atoms with Crippen LogP contribution in [0.15, 0.2) is 71.3 Å². The number of allylic oxidation sites excluding steroid dienone is 1. The second kappa shape index (κ2) is 10.2. The molecule has 9 nitrogen and oxygen atoms in total. The average Bonchev–Trinajstić information content (AvgIpc) is 3.56. The summed E-state index contributed by atoms with van der Waals surface area (Å²) in [5.74, 6) is -0.442. The van der Waals surface area contributed by atoms with Crippen molar-refractivity contribution in [3.05, 3.63) is 88.8 Å². The minimum atomic E-state index is -0.664. The number of carbonyl (C=O) groups is 2. The molecule has 2 aromatic heterocycles. The summed E-state index contributed by atoms with van der Waals surface area (Å²) in [4.78, 5) is 24.4. The number of esters is 1. The van der Waals surface area contributed by atoms with E-state index in [9.17, 15) is 14.9 Å². The maximum Gasteiger partial charge on any atom is 0.379 e. The van der Waals surface area contributed by atoms with Gasteiger partial charge in [-0.15, -0.1) is 10.2 Å². The maximum absolute atomic E-state index is 12.3. The Balaban J connectivity index is 1.52. The van der Waals surface area contributed by atoms with Gasteiger partial charge in [0.1, 0.15) is 6.07 Å². The van der Waals surface area contributed by atoms with Crippen LogP contribution in [0.3, 0.4) is 0 Å². The zero-order valence-corrected chi connectivity index (χ0v) is 18.5. The molecule has 0 saturated carbocycles. The molecule has 0 aliphatic carbocycles. The Kier molecular flexibility index (Phi) is 6.76. The Morgan fingerprint density at radius 1 is 1.09 bits per heavy atom. The average molecular weight is 472 g/mol. The molecule has 0 atom stereocenters. The van der Waals surface area contributed by atoms with E-state index in [0.29, 0.717) is 21.9 Å². The summed E-state index contributed by atoms with van der Waals surface area (Å²) in [6.45, 7) is 0. The highest BCUT2D eigenvalue weighted by Gasteiger charge is 2.16. The summed E-state index contributed by atoms with van der Waals surface area (Å²) in [6, 6.07) is 18.7. The van der Waals surface area contributed by atoms with E-state index < -0.39 is 5.97 Å². The minimum Gasteiger partial charge on any atom is -0.493 e. The van der Waals surface area contributed by atoms with Gasteiger partial charge in [0, 0.05) is 5.56 Å². The smallest absolute Gasteiger partial charge is 0.379 e. The summed E-state index contributed by atoms with van der Waals surface area (Å²) in [6.07, 6.45) is 2.96. The molecule has 4 aromatic rings. The predicted octanol–water partition coefficient (Wildman–Crippen LogP) is 4.68. The van der Waals surface area contributed by atoms with E-state index in [1.54, 1.807) is 54.6 Å². The number of rotatable bonds is 7. The molecule has 0 aliphatic heterocycles. The van der Waals surface area contributed by atoms with Crippen molar-refractivity contribution in [1.82, 2.24) is 10.2 Å². The van der Waals surface area contributed by atoms with Crippen molar-refractivity contribution in [3.63, 3.8) is 0 Å². The Labute approximate surface area is 197 Å². The lowest BCUT2D eigenvalue weighted by Crippen LogP contribution is -2.11. The van der Waals surface area contributed by atoms with Crippen molar-refractivity contribution in [3.8, 4) is 17.6 Å². The molecule has 1 N–H and O–H groups in total. The van der Waals surface area contributed by atoms with Crippen LogP contribution in [0.25, 0.3) is 11.6 Å². The number of anilines is 1. The first-order valence-electron chi connectivity index (χ1n) is 9.83. The molecule has 168 valence electrons. The van der Waals surface area contributed by atoms with E-state index >= 15 is 0 Å². The van der Waals surface area contributed by atoms with Crippen molar-refractivity contribution in [2.24, 2.45) is 0 Å². The van der Waals surface area contributed by atoms with E-state index in [0.717, 1.165) is 11.3 Å². The number of nitrogens with zero attached hydrogens (tertiary/aromatic N) is 3. The minimum absolute atomic E-state index is 0.0595. The zero-order chi connectivity index (χ0) is 23.9. The highest BCUT2D eigenvalue weighted by atomic mass is 32.1. The molecular weight excluding hydrogens is 456 g/mol. The Morgan fingerprint density at radius 3 is 2.62 bits per heavy atom. The van der Waals surface area contributed by atoms with E-state index in [-0.39, 0.29) is 28.1 Å². The fraction of sp³-hybridized carbons (Fsp3) is 0.0417. The van der Waals surface area contributed by atoms with Crippen LogP contribution in [0.1, 0.15) is 31.5 Å². The lowest BCUT2D eigenvalue weighted by molar-refractivity contribution is 0.0696. The van der Waals surface area contributed by atoms with Gasteiger partial charge in [0.2, 0.25) is 10.9 Å². The van der Waals surface area contributed by atoms with Crippen LogP contribution < -0.4 is 14.8 Å². The number of hydrogen-bond acceptors (Lipinski definition) is 9. The van der Waals surface area contributed by atoms with Gasteiger partial charge in [-0.2, -0.15) is 5.26 Å². The third-order valence-corrected chi connectivity index (χ3v) is 5.33. The number of nitriles is 1. The fourth-order valence-corrected chi connectivity index (χ4v) is 3.56. The van der Waals surface area contributed by atoms with E-state index in [1.807, 2.05) is 6.07 Å². The van der Waals surface area contributed by atoms with Crippen molar-refractivity contribution in [2.75, 3.05) is 12.4 Å². The molecule has 0 saturated heterocycles. The number of amides is 1. The third-order valence-electron chi connectivity index (χ3n) is 4.46. The van der Waals surface area contributed by atoms with Gasteiger partial charge in [0.05, 0.1) is 18.9 Å². The van der Waals surface area contributed by atoms with Crippen molar-refractivity contribution >= 4 is 40.0 Å². The second-order valence-corrected chi connectivity index (χ2v) is 7.66. The van der Waals surface area contributed by atoms with E-state index in [1.165, 1.54) is 19.4 Å². The standard InChI is InChI=1S/C24H16N4O5S/c1-31-20-13-15(9-10-18(20)33-23(30)19-8-5-11-32-19)12-17(14-25)22-27-28-24(34-22)26-21(29)16-6-3-2-4-7-16/h2-13H,1H3,(H,26,28,29). The molecule has 0 radical (unpaired) electrons. The Hall–Kier alpha value is -4.75. The zero-order valence-electron chi connectivity index (χ0n) is 17.7. The molecule has 1 amide bonds. The summed E-state index contributed by atoms with van der Waals surface area (Å²) in [5.41, 5.74) is 1.33. The number of ether oxygens (including phenoxy) is 2. The lowest BCUT2D eigenvalue weighted by atomic mass is 10.1. The quantitative estimate of drug-likeness (QED) is 0.233. The van der Waals surface area contributed by atoms with Gasteiger partial charge in [0.15, 0.2) is 16.5 Å². The van der Waals surface area contributed by atoms with Gasteiger partial charge in [0.25, 0.3) is 5.91 Å². The summed E-state index contributed by atoms with van der Waals surface area (Å²) in [5, 5.41) is 20.9. The third kappa shape index (κ3) is 5.17. The molecular formula is C24H16N4O5S. The van der Waals surface area contributed by atoms with E-state index in [2.05, 4.69) is 21.6 Å². The van der Waals surface area contributed by atoms with E-state index in [4.69, 9.17) is 13.9 Å². The summed E-state index contributed by atoms with van der Waals surface area (Å²) >= 11 is 1.07. The van der Waals surface area contributed by atoms with Crippen LogP contribution in [0, 0.1) is 11.3 Å². The van der Waals surface area contributed by atoms with Gasteiger partial charge < -0.3 is 13.9 Å². The van der Waals surface area contributed by atoms with Crippen LogP contribution in [0.5, 0.6) is 11.5 Å². The first-order valence-corrected chi connectivity index (χ1v) is 10.6. The largest absolute Gasteiger partial charge is 0.493 e. The highest BCUT2D eigenvalue weighted by molar-refractivity contribution is 7.16.